The average molecular weight is 245 g/mol. The van der Waals surface area contributed by atoms with Crippen molar-refractivity contribution in [3.63, 3.8) is 0 Å². The second kappa shape index (κ2) is 7.27. The summed E-state index contributed by atoms with van der Waals surface area (Å²) in [6, 6.07) is 0. The summed E-state index contributed by atoms with van der Waals surface area (Å²) in [5.41, 5.74) is 0. The summed E-state index contributed by atoms with van der Waals surface area (Å²) in [6.45, 7) is 2.45. The first-order valence-corrected chi connectivity index (χ1v) is 5.94. The van der Waals surface area contributed by atoms with E-state index in [2.05, 4.69) is 0 Å². The molecule has 0 aromatic rings. The van der Waals surface area contributed by atoms with E-state index in [1.54, 1.807) is 0 Å². The van der Waals surface area contributed by atoms with E-state index in [0.717, 1.165) is 12.8 Å². The summed E-state index contributed by atoms with van der Waals surface area (Å²) in [4.78, 5) is 22.0. The van der Waals surface area contributed by atoms with E-state index in [-0.39, 0.29) is 12.4 Å². The highest BCUT2D eigenvalue weighted by atomic mass is 16.5. The molecule has 0 amide bonds. The van der Waals surface area contributed by atoms with Crippen LogP contribution in [0.15, 0.2) is 0 Å². The normalized spacial score (nSPS) is 13.2. The Bertz CT molecular complexity index is 258. The summed E-state index contributed by atoms with van der Waals surface area (Å²) in [5, 5.41) is 10.6. The lowest BCUT2D eigenvalue weighted by Gasteiger charge is -2.29. The number of likely N-dealkylation sites (N-methyl/N-ethyl adjacent to an activating group) is 1. The molecule has 0 fully saturated rings. The smallest absolute Gasteiger partial charge is 0.306 e. The lowest BCUT2D eigenvalue weighted by Crippen LogP contribution is -2.45. The number of nitrogens with zero attached hydrogens (tertiary/aromatic N) is 1. The van der Waals surface area contributed by atoms with E-state index < -0.39 is 12.1 Å². The summed E-state index contributed by atoms with van der Waals surface area (Å²) in [7, 11) is 5.76. The SMILES string of the molecule is CCCCC(=O)O[C@H](CC(=O)[O-])C[N+](C)(C)C. The zero-order chi connectivity index (χ0) is 13.5. The van der Waals surface area contributed by atoms with Gasteiger partial charge in [-0.15, -0.1) is 0 Å². The molecule has 0 aromatic carbocycles. The quantitative estimate of drug-likeness (QED) is 0.443. The van der Waals surface area contributed by atoms with Crippen molar-refractivity contribution >= 4 is 11.9 Å². The molecule has 0 saturated carbocycles. The molecule has 5 nitrogen and oxygen atoms in total. The highest BCUT2D eigenvalue weighted by Gasteiger charge is 2.22. The molecule has 0 radical (unpaired) electrons. The largest absolute Gasteiger partial charge is 0.550 e. The lowest BCUT2D eigenvalue weighted by molar-refractivity contribution is -0.873. The number of hydrogen-bond donors (Lipinski definition) is 0. The average Bonchev–Trinajstić information content (AvgIpc) is 2.10. The summed E-state index contributed by atoms with van der Waals surface area (Å²) in [5.74, 6) is -1.52. The van der Waals surface area contributed by atoms with Crippen molar-refractivity contribution in [1.29, 1.82) is 0 Å². The van der Waals surface area contributed by atoms with Crippen LogP contribution in [0.5, 0.6) is 0 Å². The van der Waals surface area contributed by atoms with E-state index in [1.165, 1.54) is 0 Å². The third-order valence-corrected chi connectivity index (χ3v) is 2.18. The predicted molar refractivity (Wildman–Crippen MR) is 61.9 cm³/mol. The number of ether oxygens (including phenoxy) is 1. The van der Waals surface area contributed by atoms with Gasteiger partial charge in [0.15, 0.2) is 6.10 Å². The highest BCUT2D eigenvalue weighted by molar-refractivity contribution is 5.70. The van der Waals surface area contributed by atoms with Crippen molar-refractivity contribution in [3.8, 4) is 0 Å². The minimum absolute atomic E-state index is 0.243. The molecule has 5 heteroatoms. The van der Waals surface area contributed by atoms with Crippen molar-refractivity contribution in [2.45, 2.75) is 38.7 Å². The Hall–Kier alpha value is -1.10. The number of carbonyl (C=O) groups is 2. The molecule has 0 unspecified atom stereocenters. The Morgan fingerprint density at radius 3 is 2.29 bits per heavy atom. The number of rotatable bonds is 8. The summed E-state index contributed by atoms with van der Waals surface area (Å²) in [6.07, 6.45) is 1.17. The van der Waals surface area contributed by atoms with E-state index in [4.69, 9.17) is 4.74 Å². The van der Waals surface area contributed by atoms with Crippen LogP contribution in [0.2, 0.25) is 0 Å². The maximum atomic E-state index is 11.4. The topological polar surface area (TPSA) is 66.4 Å². The molecule has 0 saturated heterocycles. The van der Waals surface area contributed by atoms with Crippen LogP contribution >= 0.6 is 0 Å². The van der Waals surface area contributed by atoms with Crippen LogP contribution in [0.25, 0.3) is 0 Å². The monoisotopic (exact) mass is 245 g/mol. The second-order valence-electron chi connectivity index (χ2n) is 5.26. The zero-order valence-electron chi connectivity index (χ0n) is 11.2. The maximum Gasteiger partial charge on any atom is 0.306 e. The fourth-order valence-electron chi connectivity index (χ4n) is 1.51. The van der Waals surface area contributed by atoms with Gasteiger partial charge in [-0.05, 0) is 6.42 Å². The lowest BCUT2D eigenvalue weighted by atomic mass is 10.2. The van der Waals surface area contributed by atoms with Crippen LogP contribution in [-0.2, 0) is 14.3 Å². The van der Waals surface area contributed by atoms with Crippen molar-refractivity contribution in [2.75, 3.05) is 27.7 Å². The van der Waals surface area contributed by atoms with Gasteiger partial charge in [-0.25, -0.2) is 0 Å². The third-order valence-electron chi connectivity index (χ3n) is 2.18. The van der Waals surface area contributed by atoms with Gasteiger partial charge in [0.2, 0.25) is 0 Å². The second-order valence-corrected chi connectivity index (χ2v) is 5.26. The predicted octanol–water partition coefficient (Wildman–Crippen LogP) is -0.0654. The Labute approximate surface area is 103 Å². The number of carbonyl (C=O) groups excluding carboxylic acids is 2. The first-order chi connectivity index (χ1) is 7.74. The van der Waals surface area contributed by atoms with Crippen LogP contribution in [0.3, 0.4) is 0 Å². The van der Waals surface area contributed by atoms with E-state index in [0.29, 0.717) is 17.4 Å². The zero-order valence-corrected chi connectivity index (χ0v) is 11.2. The van der Waals surface area contributed by atoms with Gasteiger partial charge in [0.25, 0.3) is 0 Å². The van der Waals surface area contributed by atoms with E-state index in [9.17, 15) is 14.7 Å². The van der Waals surface area contributed by atoms with Crippen LogP contribution in [-0.4, -0.2) is 50.2 Å². The van der Waals surface area contributed by atoms with Crippen molar-refractivity contribution in [3.05, 3.63) is 0 Å². The van der Waals surface area contributed by atoms with Gasteiger partial charge in [0.05, 0.1) is 21.1 Å². The van der Waals surface area contributed by atoms with Crippen molar-refractivity contribution in [2.24, 2.45) is 0 Å². The Kier molecular flexibility index (Phi) is 6.80. The van der Waals surface area contributed by atoms with Crippen LogP contribution in [0.1, 0.15) is 32.6 Å². The molecule has 0 rings (SSSR count). The fraction of sp³-hybridized carbons (Fsp3) is 0.833. The van der Waals surface area contributed by atoms with Crippen LogP contribution in [0.4, 0.5) is 0 Å². The molecule has 100 valence electrons. The molecule has 17 heavy (non-hydrogen) atoms. The van der Waals surface area contributed by atoms with E-state index >= 15 is 0 Å². The summed E-state index contributed by atoms with van der Waals surface area (Å²) >= 11 is 0. The minimum Gasteiger partial charge on any atom is -0.550 e. The molecular weight excluding hydrogens is 222 g/mol. The van der Waals surface area contributed by atoms with Crippen molar-refractivity contribution < 1.29 is 23.9 Å². The standard InChI is InChI=1S/C12H23NO4/c1-5-6-7-12(16)17-10(8-11(14)15)9-13(2,3)4/h10H,5-9H2,1-4H3/t10-/m1/s1. The Balaban J connectivity index is 4.28. The van der Waals surface area contributed by atoms with Crippen molar-refractivity contribution in [1.82, 2.24) is 0 Å². The van der Waals surface area contributed by atoms with Gasteiger partial charge in [0, 0.05) is 18.8 Å². The van der Waals surface area contributed by atoms with Gasteiger partial charge in [-0.2, -0.15) is 0 Å². The number of esters is 1. The molecule has 0 bridgehead atoms. The number of hydrogen-bond acceptors (Lipinski definition) is 4. The van der Waals surface area contributed by atoms with Gasteiger partial charge in [0.1, 0.15) is 6.54 Å². The first-order valence-electron chi connectivity index (χ1n) is 5.94. The third kappa shape index (κ3) is 9.81. The number of unbranched alkanes of at least 4 members (excludes halogenated alkanes) is 1. The van der Waals surface area contributed by atoms with E-state index in [1.807, 2.05) is 28.1 Å². The molecule has 1 atom stereocenters. The number of carboxylic acid groups (broad SMARTS) is 1. The van der Waals surface area contributed by atoms with Crippen LogP contribution in [0, 0.1) is 0 Å². The molecule has 0 aliphatic rings. The Morgan fingerprint density at radius 1 is 1.29 bits per heavy atom. The van der Waals surface area contributed by atoms with Gasteiger partial charge < -0.3 is 19.1 Å². The molecule has 0 spiro atoms. The number of carboxylic acids is 1. The molecule has 0 N–H and O–H groups in total. The highest BCUT2D eigenvalue weighted by Crippen LogP contribution is 2.07. The first kappa shape index (κ1) is 15.9. The van der Waals surface area contributed by atoms with Gasteiger partial charge in [-0.1, -0.05) is 13.3 Å². The molecular formula is C12H23NO4. The van der Waals surface area contributed by atoms with Crippen LogP contribution < -0.4 is 5.11 Å². The maximum absolute atomic E-state index is 11.4. The minimum atomic E-state index is -1.19. The molecule has 0 aliphatic carbocycles. The summed E-state index contributed by atoms with van der Waals surface area (Å²) < 4.78 is 5.70. The molecule has 0 aliphatic heterocycles. The molecule has 0 heterocycles. The molecule has 0 aromatic heterocycles. The number of quaternary nitrogens is 1. The fourth-order valence-corrected chi connectivity index (χ4v) is 1.51. The number of aliphatic carboxylic acids is 1. The van der Waals surface area contributed by atoms with Gasteiger partial charge >= 0.3 is 5.97 Å². The Morgan fingerprint density at radius 2 is 1.88 bits per heavy atom. The van der Waals surface area contributed by atoms with Gasteiger partial charge in [-0.3, -0.25) is 4.79 Å².